The number of nitrogens with zero attached hydrogens (tertiary/aromatic N) is 1. The summed E-state index contributed by atoms with van der Waals surface area (Å²) in [4.78, 5) is 0. The molecule has 0 N–H and O–H groups in total. The maximum Gasteiger partial charge on any atom is 0.372 e. The third-order valence-corrected chi connectivity index (χ3v) is 8.93. The largest absolute Gasteiger partial charge is 0.379 e. The molecule has 0 aromatic heterocycles. The van der Waals surface area contributed by atoms with Crippen LogP contribution in [-0.2, 0) is 0 Å². The number of hydrogen-bond donors (Lipinski definition) is 0. The van der Waals surface area contributed by atoms with E-state index in [1.807, 2.05) is 0 Å². The highest BCUT2D eigenvalue weighted by atomic mass is 27.2. The van der Waals surface area contributed by atoms with Crippen LogP contribution in [0.2, 0.25) is 10.6 Å². The van der Waals surface area contributed by atoms with Crippen LogP contribution in [0.4, 0.5) is 0 Å². The Morgan fingerprint density at radius 2 is 1.11 bits per heavy atom. The van der Waals surface area contributed by atoms with Gasteiger partial charge >= 0.3 is 14.4 Å². The molecule has 2 saturated carbocycles. The first-order valence-corrected chi connectivity index (χ1v) is 10.8. The summed E-state index contributed by atoms with van der Waals surface area (Å²) < 4.78 is 3.14. The molecule has 0 saturated heterocycles. The van der Waals surface area contributed by atoms with Crippen LogP contribution in [0.25, 0.3) is 0 Å². The fraction of sp³-hybridized carbons (Fsp3) is 1.00. The zero-order valence-electron chi connectivity index (χ0n) is 12.7. The monoisotopic (exact) mass is 265 g/mol. The van der Waals surface area contributed by atoms with Gasteiger partial charge in [0.25, 0.3) is 0 Å². The molecule has 0 atom stereocenters. The first-order chi connectivity index (χ1) is 8.86. The van der Waals surface area contributed by atoms with Crippen LogP contribution in [0.5, 0.6) is 0 Å². The molecule has 2 fully saturated rings. The third kappa shape index (κ3) is 3.75. The van der Waals surface area contributed by atoms with E-state index in [4.69, 9.17) is 0 Å². The normalized spacial score (nSPS) is 23.5. The second-order valence-electron chi connectivity index (χ2n) is 6.50. The Labute approximate surface area is 119 Å². The zero-order valence-corrected chi connectivity index (χ0v) is 13.8. The minimum atomic E-state index is -0.620. The molecule has 0 radical (unpaired) electrons. The quantitative estimate of drug-likeness (QED) is 0.633. The molecule has 0 bridgehead atoms. The maximum absolute atomic E-state index is 3.14. The van der Waals surface area contributed by atoms with E-state index < -0.39 is 14.4 Å². The van der Waals surface area contributed by atoms with Crippen molar-refractivity contribution >= 4 is 14.4 Å². The summed E-state index contributed by atoms with van der Waals surface area (Å²) in [5.41, 5.74) is 0. The molecule has 1 nitrogen and oxygen atoms in total. The molecule has 0 aromatic carbocycles. The Kier molecular flexibility index (Phi) is 6.56. The van der Waals surface area contributed by atoms with Crippen LogP contribution in [0.15, 0.2) is 0 Å². The van der Waals surface area contributed by atoms with E-state index in [9.17, 15) is 0 Å². The van der Waals surface area contributed by atoms with Crippen molar-refractivity contribution in [2.45, 2.75) is 101 Å². The second-order valence-corrected chi connectivity index (χ2v) is 10.0. The highest BCUT2D eigenvalue weighted by molar-refractivity contribution is 6.55. The van der Waals surface area contributed by atoms with Crippen LogP contribution < -0.4 is 0 Å². The van der Waals surface area contributed by atoms with Gasteiger partial charge < -0.3 is 3.88 Å². The van der Waals surface area contributed by atoms with Gasteiger partial charge in [-0.05, 0) is 37.8 Å². The molecule has 104 valence electrons. The summed E-state index contributed by atoms with van der Waals surface area (Å²) in [6.45, 7) is 4.91. The van der Waals surface area contributed by atoms with E-state index in [-0.39, 0.29) is 0 Å². The fourth-order valence-electron chi connectivity index (χ4n) is 4.36. The van der Waals surface area contributed by atoms with Gasteiger partial charge in [0.15, 0.2) is 0 Å². The highest BCUT2D eigenvalue weighted by Gasteiger charge is 2.35. The van der Waals surface area contributed by atoms with Gasteiger partial charge in [0.2, 0.25) is 0 Å². The molecule has 0 amide bonds. The van der Waals surface area contributed by atoms with E-state index in [1.54, 1.807) is 0 Å². The topological polar surface area (TPSA) is 3.24 Å². The van der Waals surface area contributed by atoms with E-state index in [1.165, 1.54) is 74.8 Å². The van der Waals surface area contributed by atoms with E-state index in [2.05, 4.69) is 17.7 Å². The minimum absolute atomic E-state index is 0.620. The molecule has 0 unspecified atom stereocenters. The summed E-state index contributed by atoms with van der Waals surface area (Å²) in [6, 6.07) is 1.97. The minimum Gasteiger partial charge on any atom is -0.379 e. The predicted octanol–water partition coefficient (Wildman–Crippen LogP) is 4.99. The SMILES string of the molecule is C[CH2][Al]([CH2]C)[N](C1CCCCC1)C1CCCCC1. The van der Waals surface area contributed by atoms with Crippen molar-refractivity contribution in [1.29, 1.82) is 0 Å². The average molecular weight is 265 g/mol. The summed E-state index contributed by atoms with van der Waals surface area (Å²) in [5, 5.41) is 2.98. The lowest BCUT2D eigenvalue weighted by Gasteiger charge is -2.45. The van der Waals surface area contributed by atoms with Crippen molar-refractivity contribution in [2.24, 2.45) is 0 Å². The Morgan fingerprint density at radius 3 is 1.44 bits per heavy atom. The molecule has 2 aliphatic carbocycles. The Hall–Kier alpha value is 0.492. The molecule has 0 spiro atoms. The van der Waals surface area contributed by atoms with Crippen molar-refractivity contribution in [3.63, 3.8) is 0 Å². The van der Waals surface area contributed by atoms with Crippen LogP contribution >= 0.6 is 0 Å². The smallest absolute Gasteiger partial charge is 0.372 e. The van der Waals surface area contributed by atoms with Gasteiger partial charge in [-0.25, -0.2) is 0 Å². The standard InChI is InChI=1S/C12H22N.2C2H5.Al/c1-3-7-11(8-4-1)13-12-9-5-2-6-10-12;2*1-2;/h11-12H,1-10H2;2*1H2,2H3;/q-1;;;+1. The lowest BCUT2D eigenvalue weighted by Crippen LogP contribution is -2.52. The summed E-state index contributed by atoms with van der Waals surface area (Å²) in [5.74, 6) is 0. The molecular weight excluding hydrogens is 233 g/mol. The van der Waals surface area contributed by atoms with E-state index in [0.717, 1.165) is 12.1 Å². The third-order valence-electron chi connectivity index (χ3n) is 5.36. The van der Waals surface area contributed by atoms with Crippen molar-refractivity contribution in [2.75, 3.05) is 0 Å². The lowest BCUT2D eigenvalue weighted by atomic mass is 9.91. The van der Waals surface area contributed by atoms with Gasteiger partial charge in [-0.15, -0.1) is 0 Å². The summed E-state index contributed by atoms with van der Waals surface area (Å²) in [7, 11) is 0. The van der Waals surface area contributed by atoms with Crippen molar-refractivity contribution < 1.29 is 0 Å². The molecular formula is C16H32AlN. The Bertz CT molecular complexity index is 197. The highest BCUT2D eigenvalue weighted by Crippen LogP contribution is 2.32. The number of rotatable bonds is 5. The van der Waals surface area contributed by atoms with Gasteiger partial charge in [-0.3, -0.25) is 0 Å². The van der Waals surface area contributed by atoms with Gasteiger partial charge in [0, 0.05) is 0 Å². The van der Waals surface area contributed by atoms with Gasteiger partial charge in [-0.2, -0.15) is 0 Å². The maximum atomic E-state index is 3.14. The molecule has 0 aliphatic heterocycles. The predicted molar refractivity (Wildman–Crippen MR) is 82.3 cm³/mol. The van der Waals surface area contributed by atoms with Crippen LogP contribution in [0, 0.1) is 0 Å². The van der Waals surface area contributed by atoms with Gasteiger partial charge in [-0.1, -0.05) is 62.9 Å². The first kappa shape index (κ1) is 14.9. The van der Waals surface area contributed by atoms with E-state index >= 15 is 0 Å². The van der Waals surface area contributed by atoms with Crippen LogP contribution in [0.3, 0.4) is 0 Å². The summed E-state index contributed by atoms with van der Waals surface area (Å²) >= 11 is -0.620. The Balaban J connectivity index is 2.04. The van der Waals surface area contributed by atoms with E-state index in [0.29, 0.717) is 0 Å². The first-order valence-electron chi connectivity index (χ1n) is 8.64. The average Bonchev–Trinajstić information content (AvgIpc) is 2.46. The van der Waals surface area contributed by atoms with Gasteiger partial charge in [0.1, 0.15) is 0 Å². The molecule has 0 heterocycles. The van der Waals surface area contributed by atoms with Crippen molar-refractivity contribution in [1.82, 2.24) is 3.88 Å². The second kappa shape index (κ2) is 7.93. The van der Waals surface area contributed by atoms with Crippen LogP contribution in [-0.4, -0.2) is 30.3 Å². The van der Waals surface area contributed by atoms with Crippen LogP contribution in [0.1, 0.15) is 78.1 Å². The van der Waals surface area contributed by atoms with Gasteiger partial charge in [0.05, 0.1) is 0 Å². The molecule has 18 heavy (non-hydrogen) atoms. The fourth-order valence-corrected chi connectivity index (χ4v) is 7.57. The number of hydrogen-bond acceptors (Lipinski definition) is 1. The molecule has 2 heteroatoms. The molecule has 0 aromatic rings. The Morgan fingerprint density at radius 1 is 0.722 bits per heavy atom. The summed E-state index contributed by atoms with van der Waals surface area (Å²) in [6.07, 6.45) is 15.1. The molecule has 2 rings (SSSR count). The zero-order chi connectivity index (χ0) is 12.8. The van der Waals surface area contributed by atoms with Crippen molar-refractivity contribution in [3.8, 4) is 0 Å². The lowest BCUT2D eigenvalue weighted by molar-refractivity contribution is 0.164. The van der Waals surface area contributed by atoms with Crippen molar-refractivity contribution in [3.05, 3.63) is 0 Å². The molecule has 2 aliphatic rings.